The summed E-state index contributed by atoms with van der Waals surface area (Å²) in [5, 5.41) is 0.0625. The van der Waals surface area contributed by atoms with Crippen molar-refractivity contribution in [1.29, 1.82) is 0 Å². The van der Waals surface area contributed by atoms with E-state index in [1.165, 1.54) is 13.3 Å². The van der Waals surface area contributed by atoms with E-state index in [0.29, 0.717) is 5.69 Å². The minimum absolute atomic E-state index is 0.0548. The van der Waals surface area contributed by atoms with E-state index in [1.54, 1.807) is 6.92 Å². The fourth-order valence-corrected chi connectivity index (χ4v) is 0.857. The number of carbonyl (C=O) groups is 1. The van der Waals surface area contributed by atoms with Crippen molar-refractivity contribution >= 4 is 17.6 Å². The number of rotatable bonds is 1. The highest BCUT2D eigenvalue weighted by Crippen LogP contribution is 2.10. The van der Waals surface area contributed by atoms with Gasteiger partial charge in [0.1, 0.15) is 0 Å². The monoisotopic (exact) mass is 186 g/mol. The second-order valence-corrected chi connectivity index (χ2v) is 2.50. The molecule has 0 aliphatic rings. The van der Waals surface area contributed by atoms with Crippen molar-refractivity contribution < 1.29 is 9.53 Å². The third-order valence-electron chi connectivity index (χ3n) is 1.23. The van der Waals surface area contributed by atoms with Gasteiger partial charge in [0.2, 0.25) is 0 Å². The lowest BCUT2D eigenvalue weighted by Gasteiger charge is -2.00. The van der Waals surface area contributed by atoms with Gasteiger partial charge in [-0.2, -0.15) is 0 Å². The molecule has 0 fully saturated rings. The number of carbonyl (C=O) groups excluding carboxylic acids is 1. The molecule has 1 aromatic heterocycles. The molecule has 0 aliphatic carbocycles. The predicted molar refractivity (Wildman–Crippen MR) is 43.1 cm³/mol. The van der Waals surface area contributed by atoms with Crippen LogP contribution in [0.1, 0.15) is 16.2 Å². The summed E-state index contributed by atoms with van der Waals surface area (Å²) in [4.78, 5) is 18.6. The van der Waals surface area contributed by atoms with E-state index in [9.17, 15) is 4.79 Å². The van der Waals surface area contributed by atoms with Crippen LogP contribution in [0.4, 0.5) is 0 Å². The second-order valence-electron chi connectivity index (χ2n) is 2.14. The number of ether oxygens (including phenoxy) is 1. The Morgan fingerprint density at radius 2 is 2.33 bits per heavy atom. The van der Waals surface area contributed by atoms with Gasteiger partial charge >= 0.3 is 5.97 Å². The van der Waals surface area contributed by atoms with Crippen molar-refractivity contribution in [1.82, 2.24) is 9.97 Å². The zero-order valence-corrected chi connectivity index (χ0v) is 7.42. The Balaban J connectivity index is 3.13. The number of halogens is 1. The van der Waals surface area contributed by atoms with Gasteiger partial charge in [0.15, 0.2) is 10.8 Å². The molecular weight excluding hydrogens is 180 g/mol. The van der Waals surface area contributed by atoms with E-state index < -0.39 is 5.97 Å². The van der Waals surface area contributed by atoms with Crippen molar-refractivity contribution in [3.8, 4) is 0 Å². The molecule has 1 aromatic rings. The fourth-order valence-electron chi connectivity index (χ4n) is 0.689. The summed E-state index contributed by atoms with van der Waals surface area (Å²) in [6.45, 7) is 1.72. The number of aryl methyl sites for hydroxylation is 1. The number of hydrogen-bond acceptors (Lipinski definition) is 4. The topological polar surface area (TPSA) is 52.1 Å². The molecule has 0 N–H and O–H groups in total. The van der Waals surface area contributed by atoms with Gasteiger partial charge in [-0.3, -0.25) is 0 Å². The predicted octanol–water partition coefficient (Wildman–Crippen LogP) is 1.23. The lowest BCUT2D eigenvalue weighted by Crippen LogP contribution is -2.07. The second kappa shape index (κ2) is 3.49. The molecule has 4 nitrogen and oxygen atoms in total. The van der Waals surface area contributed by atoms with Crippen LogP contribution >= 0.6 is 11.6 Å². The van der Waals surface area contributed by atoms with Crippen LogP contribution in [0.2, 0.25) is 5.15 Å². The van der Waals surface area contributed by atoms with Crippen molar-refractivity contribution in [3.05, 3.63) is 22.7 Å². The van der Waals surface area contributed by atoms with Crippen LogP contribution in [0.25, 0.3) is 0 Å². The zero-order valence-electron chi connectivity index (χ0n) is 6.67. The molecule has 0 radical (unpaired) electrons. The molecule has 1 rings (SSSR count). The van der Waals surface area contributed by atoms with Gasteiger partial charge in [-0.05, 0) is 6.92 Å². The third-order valence-corrected chi connectivity index (χ3v) is 1.50. The van der Waals surface area contributed by atoms with Gasteiger partial charge in [0, 0.05) is 6.20 Å². The molecule has 0 atom stereocenters. The van der Waals surface area contributed by atoms with Crippen molar-refractivity contribution in [2.45, 2.75) is 6.92 Å². The van der Waals surface area contributed by atoms with Crippen molar-refractivity contribution in [2.75, 3.05) is 7.11 Å². The molecule has 0 spiro atoms. The standard InChI is InChI=1S/C7H7ClN2O2/c1-4-3-9-6(8)5(10-4)7(11)12-2/h3H,1-2H3. The van der Waals surface area contributed by atoms with Gasteiger partial charge in [-0.15, -0.1) is 0 Å². The molecule has 1 heterocycles. The van der Waals surface area contributed by atoms with Crippen molar-refractivity contribution in [3.63, 3.8) is 0 Å². The Kier molecular flexibility index (Phi) is 2.60. The van der Waals surface area contributed by atoms with Crippen LogP contribution in [-0.2, 0) is 4.74 Å². The summed E-state index contributed by atoms with van der Waals surface area (Å²) in [6.07, 6.45) is 1.48. The normalized spacial score (nSPS) is 9.58. The largest absolute Gasteiger partial charge is 0.464 e. The van der Waals surface area contributed by atoms with Crippen LogP contribution in [-0.4, -0.2) is 23.0 Å². The summed E-state index contributed by atoms with van der Waals surface area (Å²) in [5.41, 5.74) is 0.680. The van der Waals surface area contributed by atoms with Crippen LogP contribution in [0.15, 0.2) is 6.20 Å². The molecule has 0 bridgehead atoms. The minimum Gasteiger partial charge on any atom is -0.464 e. The van der Waals surface area contributed by atoms with E-state index in [0.717, 1.165) is 0 Å². The summed E-state index contributed by atoms with van der Waals surface area (Å²) in [6, 6.07) is 0. The Hall–Kier alpha value is -1.16. The van der Waals surface area contributed by atoms with Gasteiger partial charge in [-0.1, -0.05) is 11.6 Å². The molecule has 0 aromatic carbocycles. The first kappa shape index (κ1) is 8.93. The van der Waals surface area contributed by atoms with E-state index in [-0.39, 0.29) is 10.8 Å². The number of hydrogen-bond donors (Lipinski definition) is 0. The van der Waals surface area contributed by atoms with Crippen LogP contribution < -0.4 is 0 Å². The molecule has 0 unspecified atom stereocenters. The Labute approximate surface area is 74.5 Å². The van der Waals surface area contributed by atoms with Crippen LogP contribution in [0.3, 0.4) is 0 Å². The molecule has 0 saturated heterocycles. The summed E-state index contributed by atoms with van der Waals surface area (Å²) in [5.74, 6) is -0.573. The SMILES string of the molecule is COC(=O)c1nc(C)cnc1Cl. The third kappa shape index (κ3) is 1.71. The quantitative estimate of drug-likeness (QED) is 0.619. The Morgan fingerprint density at radius 3 is 2.92 bits per heavy atom. The summed E-state index contributed by atoms with van der Waals surface area (Å²) >= 11 is 5.60. The maximum absolute atomic E-state index is 11.0. The van der Waals surface area contributed by atoms with Gasteiger partial charge in [-0.25, -0.2) is 14.8 Å². The first-order valence-electron chi connectivity index (χ1n) is 3.22. The molecule has 5 heteroatoms. The highest BCUT2D eigenvalue weighted by atomic mass is 35.5. The number of esters is 1. The molecule has 12 heavy (non-hydrogen) atoms. The number of nitrogens with zero attached hydrogens (tertiary/aromatic N) is 2. The summed E-state index contributed by atoms with van der Waals surface area (Å²) in [7, 11) is 1.27. The molecule has 64 valence electrons. The van der Waals surface area contributed by atoms with Crippen molar-refractivity contribution in [2.24, 2.45) is 0 Å². The maximum atomic E-state index is 11.0. The molecule has 0 amide bonds. The maximum Gasteiger partial charge on any atom is 0.359 e. The van der Waals surface area contributed by atoms with E-state index >= 15 is 0 Å². The van der Waals surface area contributed by atoms with Gasteiger partial charge in [0.05, 0.1) is 12.8 Å². The average molecular weight is 187 g/mol. The van der Waals surface area contributed by atoms with E-state index in [2.05, 4.69) is 14.7 Å². The average Bonchev–Trinajstić information content (AvgIpc) is 2.08. The van der Waals surface area contributed by atoms with E-state index in [1.807, 2.05) is 0 Å². The number of aromatic nitrogens is 2. The highest BCUT2D eigenvalue weighted by molar-refractivity contribution is 6.32. The minimum atomic E-state index is -0.573. The number of methoxy groups -OCH3 is 1. The summed E-state index contributed by atoms with van der Waals surface area (Å²) < 4.78 is 4.45. The van der Waals surface area contributed by atoms with Gasteiger partial charge < -0.3 is 4.74 Å². The Bertz CT molecular complexity index is 314. The molecule has 0 saturated carbocycles. The van der Waals surface area contributed by atoms with Crippen LogP contribution in [0.5, 0.6) is 0 Å². The highest BCUT2D eigenvalue weighted by Gasteiger charge is 2.13. The molecule has 0 aliphatic heterocycles. The van der Waals surface area contributed by atoms with Gasteiger partial charge in [0.25, 0.3) is 0 Å². The lowest BCUT2D eigenvalue weighted by molar-refractivity contribution is 0.0593. The van der Waals surface area contributed by atoms with Crippen LogP contribution in [0, 0.1) is 6.92 Å². The zero-order chi connectivity index (χ0) is 9.14. The Morgan fingerprint density at radius 1 is 1.67 bits per heavy atom. The lowest BCUT2D eigenvalue weighted by atomic mass is 10.4. The first-order valence-corrected chi connectivity index (χ1v) is 3.60. The van der Waals surface area contributed by atoms with E-state index in [4.69, 9.17) is 11.6 Å². The smallest absolute Gasteiger partial charge is 0.359 e. The fraction of sp³-hybridized carbons (Fsp3) is 0.286. The molecular formula is C7H7ClN2O2. The first-order chi connectivity index (χ1) is 5.65.